The highest BCUT2D eigenvalue weighted by Gasteiger charge is 2.32. The van der Waals surface area contributed by atoms with E-state index in [1.54, 1.807) is 20.8 Å². The Kier molecular flexibility index (Phi) is 14.8. The number of benzene rings is 3. The van der Waals surface area contributed by atoms with Gasteiger partial charge in [-0.2, -0.15) is 0 Å². The fourth-order valence-corrected chi connectivity index (χ4v) is 5.51. The topological polar surface area (TPSA) is 151 Å². The number of rotatable bonds is 17. The third-order valence-electron chi connectivity index (χ3n) is 7.83. The van der Waals surface area contributed by atoms with E-state index in [1.807, 2.05) is 105 Å². The zero-order valence-corrected chi connectivity index (χ0v) is 29.3. The predicted octanol–water partition coefficient (Wildman–Crippen LogP) is 4.78. The summed E-state index contributed by atoms with van der Waals surface area (Å²) >= 11 is 0. The van der Waals surface area contributed by atoms with Crippen LogP contribution in [0.3, 0.4) is 0 Å². The molecule has 0 bridgehead atoms. The number of hydrogen-bond acceptors (Lipinski definition) is 6. The Morgan fingerprint density at radius 3 is 1.71 bits per heavy atom. The summed E-state index contributed by atoms with van der Waals surface area (Å²) in [6.45, 7) is 9.34. The van der Waals surface area contributed by atoms with Crippen LogP contribution < -0.4 is 16.4 Å². The molecule has 49 heavy (non-hydrogen) atoms. The van der Waals surface area contributed by atoms with E-state index in [1.165, 1.54) is 4.90 Å². The number of carbonyl (C=O) groups is 4. The molecule has 4 atom stereocenters. The number of nitrogens with two attached hydrogens (primary N) is 1. The molecule has 10 heteroatoms. The fourth-order valence-electron chi connectivity index (χ4n) is 5.51. The smallest absolute Gasteiger partial charge is 0.410 e. The Morgan fingerprint density at radius 1 is 0.735 bits per heavy atom. The highest BCUT2D eigenvalue weighted by molar-refractivity contribution is 5.92. The standard InChI is InChI=1S/C39H52N4O6/c1-27(2)21-34(37(47)41-33(35(40)45)23-29-17-11-7-12-18-29)42-36(46)31(22-28-15-9-6-10-16-28)24-32(44)26-43(38(48)49-39(3,4)5)25-30-19-13-8-14-20-30/h6-20,27,31-34,44H,21-26H2,1-5H3,(H2,40,45)(H,41,47)(H,42,46)/t31-,32-,33+,34+/m1/s1. The lowest BCUT2D eigenvalue weighted by Crippen LogP contribution is -2.55. The van der Waals surface area contributed by atoms with Crippen molar-refractivity contribution in [2.45, 2.75) is 90.6 Å². The lowest BCUT2D eigenvalue weighted by Gasteiger charge is -2.30. The van der Waals surface area contributed by atoms with Gasteiger partial charge < -0.3 is 31.1 Å². The summed E-state index contributed by atoms with van der Waals surface area (Å²) in [5.41, 5.74) is 7.50. The molecule has 0 heterocycles. The number of aliphatic hydroxyl groups excluding tert-OH is 1. The Morgan fingerprint density at radius 2 is 1.22 bits per heavy atom. The maximum absolute atomic E-state index is 14.0. The predicted molar refractivity (Wildman–Crippen MR) is 190 cm³/mol. The molecule has 264 valence electrons. The molecule has 3 aromatic rings. The molecule has 4 amide bonds. The quantitative estimate of drug-likeness (QED) is 0.162. The second-order valence-corrected chi connectivity index (χ2v) is 14.0. The van der Waals surface area contributed by atoms with Crippen LogP contribution in [0.5, 0.6) is 0 Å². The normalized spacial score (nSPS) is 13.9. The third kappa shape index (κ3) is 14.1. The van der Waals surface area contributed by atoms with Gasteiger partial charge in [-0.05, 0) is 62.6 Å². The average molecular weight is 673 g/mol. The molecule has 3 aromatic carbocycles. The fraction of sp³-hybridized carbons (Fsp3) is 0.436. The van der Waals surface area contributed by atoms with E-state index >= 15 is 0 Å². The molecule has 10 nitrogen and oxygen atoms in total. The summed E-state index contributed by atoms with van der Waals surface area (Å²) < 4.78 is 5.64. The molecular weight excluding hydrogens is 620 g/mol. The number of hydrogen-bond donors (Lipinski definition) is 4. The minimum atomic E-state index is -1.09. The van der Waals surface area contributed by atoms with Gasteiger partial charge in [0, 0.05) is 18.9 Å². The van der Waals surface area contributed by atoms with E-state index in [9.17, 15) is 24.3 Å². The maximum Gasteiger partial charge on any atom is 0.410 e. The molecule has 0 radical (unpaired) electrons. The summed E-state index contributed by atoms with van der Waals surface area (Å²) in [6.07, 6.45) is -0.820. The van der Waals surface area contributed by atoms with Crippen molar-refractivity contribution >= 4 is 23.8 Å². The Labute approximate surface area is 290 Å². The van der Waals surface area contributed by atoms with Crippen LogP contribution in [0.1, 0.15) is 64.2 Å². The first-order valence-corrected chi connectivity index (χ1v) is 16.9. The Hall–Kier alpha value is -4.70. The minimum Gasteiger partial charge on any atom is -0.444 e. The van der Waals surface area contributed by atoms with Crippen LogP contribution in [-0.2, 0) is 38.5 Å². The number of nitrogens with one attached hydrogen (secondary N) is 2. The molecule has 0 aliphatic heterocycles. The van der Waals surface area contributed by atoms with Crippen molar-refractivity contribution in [3.63, 3.8) is 0 Å². The van der Waals surface area contributed by atoms with Gasteiger partial charge in [-0.15, -0.1) is 0 Å². The Bertz CT molecular complexity index is 1480. The molecule has 0 aliphatic rings. The van der Waals surface area contributed by atoms with Crippen molar-refractivity contribution in [2.24, 2.45) is 17.6 Å². The van der Waals surface area contributed by atoms with Crippen molar-refractivity contribution < 1.29 is 29.0 Å². The second-order valence-electron chi connectivity index (χ2n) is 14.0. The first kappa shape index (κ1) is 38.7. The number of carbonyl (C=O) groups excluding carboxylic acids is 4. The van der Waals surface area contributed by atoms with Crippen molar-refractivity contribution in [3.8, 4) is 0 Å². The molecule has 0 unspecified atom stereocenters. The highest BCUT2D eigenvalue weighted by atomic mass is 16.6. The monoisotopic (exact) mass is 672 g/mol. The van der Waals surface area contributed by atoms with Crippen LogP contribution in [0.15, 0.2) is 91.0 Å². The van der Waals surface area contributed by atoms with Gasteiger partial charge in [-0.25, -0.2) is 4.79 Å². The van der Waals surface area contributed by atoms with E-state index in [-0.39, 0.29) is 31.8 Å². The van der Waals surface area contributed by atoms with Gasteiger partial charge in [0.25, 0.3) is 0 Å². The molecule has 0 spiro atoms. The van der Waals surface area contributed by atoms with Gasteiger partial charge >= 0.3 is 6.09 Å². The lowest BCUT2D eigenvalue weighted by molar-refractivity contribution is -0.133. The summed E-state index contributed by atoms with van der Waals surface area (Å²) in [4.78, 5) is 54.6. The molecular formula is C39H52N4O6. The molecule has 0 saturated heterocycles. The number of nitrogens with zero attached hydrogens (tertiary/aromatic N) is 1. The van der Waals surface area contributed by atoms with Crippen molar-refractivity contribution in [1.82, 2.24) is 15.5 Å². The van der Waals surface area contributed by atoms with Crippen LogP contribution >= 0.6 is 0 Å². The van der Waals surface area contributed by atoms with Crippen LogP contribution in [0, 0.1) is 11.8 Å². The highest BCUT2D eigenvalue weighted by Crippen LogP contribution is 2.20. The summed E-state index contributed by atoms with van der Waals surface area (Å²) in [5, 5.41) is 17.1. The number of amides is 4. The van der Waals surface area contributed by atoms with Gasteiger partial charge in [0.15, 0.2) is 0 Å². The Balaban J connectivity index is 1.81. The van der Waals surface area contributed by atoms with E-state index in [0.717, 1.165) is 16.7 Å². The van der Waals surface area contributed by atoms with Gasteiger partial charge in [0.1, 0.15) is 17.7 Å². The van der Waals surface area contributed by atoms with Crippen LogP contribution in [0.4, 0.5) is 4.79 Å². The third-order valence-corrected chi connectivity index (χ3v) is 7.83. The summed E-state index contributed by atoms with van der Waals surface area (Å²) in [6, 6.07) is 26.1. The van der Waals surface area contributed by atoms with E-state index < -0.39 is 53.5 Å². The van der Waals surface area contributed by atoms with Crippen LogP contribution in [0.2, 0.25) is 0 Å². The lowest BCUT2D eigenvalue weighted by atomic mass is 9.91. The van der Waals surface area contributed by atoms with Crippen LogP contribution in [0.25, 0.3) is 0 Å². The number of primary amides is 1. The van der Waals surface area contributed by atoms with E-state index in [2.05, 4.69) is 10.6 Å². The molecule has 0 aliphatic carbocycles. The number of aliphatic hydroxyl groups is 1. The van der Waals surface area contributed by atoms with E-state index in [4.69, 9.17) is 10.5 Å². The average Bonchev–Trinajstić information content (AvgIpc) is 3.04. The number of ether oxygens (including phenoxy) is 1. The molecule has 0 saturated carbocycles. The van der Waals surface area contributed by atoms with Crippen molar-refractivity contribution in [1.29, 1.82) is 0 Å². The van der Waals surface area contributed by atoms with Gasteiger partial charge in [0.05, 0.1) is 12.6 Å². The van der Waals surface area contributed by atoms with Gasteiger partial charge in [-0.1, -0.05) is 105 Å². The summed E-state index contributed by atoms with van der Waals surface area (Å²) in [5.74, 6) is -2.32. The summed E-state index contributed by atoms with van der Waals surface area (Å²) in [7, 11) is 0. The molecule has 5 N–H and O–H groups in total. The zero-order chi connectivity index (χ0) is 36.0. The van der Waals surface area contributed by atoms with Crippen molar-refractivity contribution in [3.05, 3.63) is 108 Å². The molecule has 3 rings (SSSR count). The SMILES string of the molecule is CC(C)C[C@H](NC(=O)[C@H](Cc1ccccc1)C[C@@H](O)CN(Cc1ccccc1)C(=O)OC(C)(C)C)C(=O)N[C@@H](Cc1ccccc1)C(N)=O. The van der Waals surface area contributed by atoms with Gasteiger partial charge in [-0.3, -0.25) is 14.4 Å². The largest absolute Gasteiger partial charge is 0.444 e. The van der Waals surface area contributed by atoms with E-state index in [0.29, 0.717) is 12.8 Å². The minimum absolute atomic E-state index is 0.0166. The first-order chi connectivity index (χ1) is 23.2. The first-order valence-electron chi connectivity index (χ1n) is 16.9. The van der Waals surface area contributed by atoms with Crippen LogP contribution in [-0.4, -0.2) is 64.2 Å². The molecule has 0 fully saturated rings. The zero-order valence-electron chi connectivity index (χ0n) is 29.3. The maximum atomic E-state index is 14.0. The second kappa shape index (κ2) is 18.7. The molecule has 0 aromatic heterocycles. The van der Waals surface area contributed by atoms with Crippen molar-refractivity contribution in [2.75, 3.05) is 6.54 Å². The van der Waals surface area contributed by atoms with Gasteiger partial charge in [0.2, 0.25) is 17.7 Å².